The van der Waals surface area contributed by atoms with E-state index in [-0.39, 0.29) is 17.1 Å². The molecule has 30 heavy (non-hydrogen) atoms. The first-order chi connectivity index (χ1) is 14.4. The lowest BCUT2D eigenvalue weighted by Crippen LogP contribution is -2.43. The molecule has 3 rings (SSSR count). The molecule has 0 spiro atoms. The molecule has 2 aromatic rings. The number of carbonyl (C=O) groups is 1. The van der Waals surface area contributed by atoms with Gasteiger partial charge >= 0.3 is 0 Å². The number of aromatic nitrogens is 2. The van der Waals surface area contributed by atoms with Gasteiger partial charge in [-0.2, -0.15) is 5.26 Å². The van der Waals surface area contributed by atoms with Gasteiger partial charge in [-0.15, -0.1) is 0 Å². The standard InChI is InChI=1S/C22H29N7O/c1-22(2,3)15-26-28-21(30)17-5-4-16(14-29-10-8-24-9-11-29)12-18(17)19-6-7-25-20(13-23)27-19/h4-7,12,24,26H,8-11,14-15H2,1-3H3,(H,28,30). The summed E-state index contributed by atoms with van der Waals surface area (Å²) in [7, 11) is 0. The average molecular weight is 408 g/mol. The number of rotatable bonds is 6. The molecule has 0 bridgehead atoms. The molecule has 1 aromatic heterocycles. The number of nitrogens with zero attached hydrogens (tertiary/aromatic N) is 4. The highest BCUT2D eigenvalue weighted by Crippen LogP contribution is 2.24. The Kier molecular flexibility index (Phi) is 7.11. The second-order valence-corrected chi connectivity index (χ2v) is 8.65. The van der Waals surface area contributed by atoms with Crippen molar-refractivity contribution in [3.63, 3.8) is 0 Å². The van der Waals surface area contributed by atoms with E-state index in [4.69, 9.17) is 0 Å². The molecule has 3 N–H and O–H groups in total. The zero-order valence-electron chi connectivity index (χ0n) is 17.8. The van der Waals surface area contributed by atoms with Crippen LogP contribution in [0.3, 0.4) is 0 Å². The Bertz CT molecular complexity index is 924. The third-order valence-electron chi connectivity index (χ3n) is 4.80. The van der Waals surface area contributed by atoms with Crippen LogP contribution in [-0.2, 0) is 6.54 Å². The number of carbonyl (C=O) groups excluding carboxylic acids is 1. The maximum absolute atomic E-state index is 12.9. The van der Waals surface area contributed by atoms with Crippen LogP contribution >= 0.6 is 0 Å². The molecule has 8 heteroatoms. The number of benzene rings is 1. The van der Waals surface area contributed by atoms with Gasteiger partial charge in [0.25, 0.3) is 5.91 Å². The second kappa shape index (κ2) is 9.76. The van der Waals surface area contributed by atoms with Crippen LogP contribution in [0.5, 0.6) is 0 Å². The number of hydrogen-bond acceptors (Lipinski definition) is 7. The maximum Gasteiger partial charge on any atom is 0.266 e. The topological polar surface area (TPSA) is 106 Å². The van der Waals surface area contributed by atoms with Gasteiger partial charge in [0.2, 0.25) is 5.82 Å². The van der Waals surface area contributed by atoms with Gasteiger partial charge in [-0.3, -0.25) is 15.1 Å². The van der Waals surface area contributed by atoms with Crippen molar-refractivity contribution in [3.05, 3.63) is 47.4 Å². The van der Waals surface area contributed by atoms with Crippen molar-refractivity contribution in [1.82, 2.24) is 31.0 Å². The molecule has 0 unspecified atom stereocenters. The molecule has 0 radical (unpaired) electrons. The van der Waals surface area contributed by atoms with Gasteiger partial charge in [0.05, 0.1) is 11.3 Å². The van der Waals surface area contributed by atoms with Gasteiger partial charge in [0.15, 0.2) is 0 Å². The molecule has 0 atom stereocenters. The summed E-state index contributed by atoms with van der Waals surface area (Å²) in [5.41, 5.74) is 8.68. The van der Waals surface area contributed by atoms with E-state index in [1.807, 2.05) is 24.3 Å². The summed E-state index contributed by atoms with van der Waals surface area (Å²) in [6, 6.07) is 9.49. The number of amides is 1. The van der Waals surface area contributed by atoms with E-state index in [1.165, 1.54) is 0 Å². The molecule has 1 saturated heterocycles. The zero-order chi connectivity index (χ0) is 21.6. The highest BCUT2D eigenvalue weighted by Gasteiger charge is 2.18. The minimum Gasteiger partial charge on any atom is -0.314 e. The number of piperazine rings is 1. The Morgan fingerprint density at radius 2 is 2.03 bits per heavy atom. The minimum absolute atomic E-state index is 0.0393. The summed E-state index contributed by atoms with van der Waals surface area (Å²) in [5, 5.41) is 12.5. The van der Waals surface area contributed by atoms with Crippen molar-refractivity contribution in [3.8, 4) is 17.3 Å². The Hall–Kier alpha value is -2.86. The predicted octanol–water partition coefficient (Wildman–Crippen LogP) is 1.70. The van der Waals surface area contributed by atoms with Crippen molar-refractivity contribution in [2.24, 2.45) is 5.41 Å². The third-order valence-corrected chi connectivity index (χ3v) is 4.80. The van der Waals surface area contributed by atoms with Crippen molar-refractivity contribution in [2.75, 3.05) is 32.7 Å². The average Bonchev–Trinajstić information content (AvgIpc) is 2.73. The van der Waals surface area contributed by atoms with Crippen LogP contribution in [0.2, 0.25) is 0 Å². The molecule has 158 valence electrons. The van der Waals surface area contributed by atoms with E-state index >= 15 is 0 Å². The molecular formula is C22H29N7O. The highest BCUT2D eigenvalue weighted by atomic mass is 16.2. The Morgan fingerprint density at radius 3 is 2.73 bits per heavy atom. The number of nitrogens with one attached hydrogen (secondary N) is 3. The fraction of sp³-hybridized carbons (Fsp3) is 0.455. The molecule has 1 aromatic carbocycles. The van der Waals surface area contributed by atoms with Crippen molar-refractivity contribution < 1.29 is 4.79 Å². The number of hydrogen-bond donors (Lipinski definition) is 3. The van der Waals surface area contributed by atoms with Crippen LogP contribution in [0, 0.1) is 16.7 Å². The summed E-state index contributed by atoms with van der Waals surface area (Å²) in [4.78, 5) is 23.5. The molecule has 2 heterocycles. The quantitative estimate of drug-likeness (QED) is 0.626. The summed E-state index contributed by atoms with van der Waals surface area (Å²) in [5.74, 6) is -0.155. The van der Waals surface area contributed by atoms with Gasteiger partial charge in [-0.1, -0.05) is 26.8 Å². The maximum atomic E-state index is 12.9. The van der Waals surface area contributed by atoms with Crippen molar-refractivity contribution in [1.29, 1.82) is 5.26 Å². The van der Waals surface area contributed by atoms with Gasteiger partial charge < -0.3 is 5.32 Å². The smallest absolute Gasteiger partial charge is 0.266 e. The highest BCUT2D eigenvalue weighted by molar-refractivity contribution is 6.00. The Morgan fingerprint density at radius 1 is 1.27 bits per heavy atom. The lowest BCUT2D eigenvalue weighted by atomic mass is 9.97. The predicted molar refractivity (Wildman–Crippen MR) is 115 cm³/mol. The fourth-order valence-electron chi connectivity index (χ4n) is 3.25. The largest absolute Gasteiger partial charge is 0.314 e. The number of nitriles is 1. The van der Waals surface area contributed by atoms with E-state index in [0.717, 1.165) is 38.3 Å². The van der Waals surface area contributed by atoms with Crippen LogP contribution in [0.25, 0.3) is 11.3 Å². The first kappa shape index (κ1) is 21.8. The first-order valence-corrected chi connectivity index (χ1v) is 10.2. The third kappa shape index (κ3) is 6.07. The van der Waals surface area contributed by atoms with Crippen LogP contribution in [-0.4, -0.2) is 53.5 Å². The van der Waals surface area contributed by atoms with Crippen LogP contribution in [0.1, 0.15) is 42.5 Å². The monoisotopic (exact) mass is 407 g/mol. The minimum atomic E-state index is -0.236. The molecule has 1 amide bonds. The summed E-state index contributed by atoms with van der Waals surface area (Å²) in [6.45, 7) is 11.6. The first-order valence-electron chi connectivity index (χ1n) is 10.2. The Balaban J connectivity index is 1.88. The van der Waals surface area contributed by atoms with E-state index in [2.05, 4.69) is 51.8 Å². The Labute approximate surface area is 177 Å². The summed E-state index contributed by atoms with van der Waals surface area (Å²) < 4.78 is 0. The molecular weight excluding hydrogens is 378 g/mol. The summed E-state index contributed by atoms with van der Waals surface area (Å²) >= 11 is 0. The van der Waals surface area contributed by atoms with Crippen LogP contribution < -0.4 is 16.2 Å². The SMILES string of the molecule is CC(C)(C)CNNC(=O)c1ccc(CN2CCNCC2)cc1-c1ccnc(C#N)n1. The molecule has 0 saturated carbocycles. The molecule has 1 aliphatic heterocycles. The van der Waals surface area contributed by atoms with E-state index in [9.17, 15) is 10.1 Å². The molecule has 1 fully saturated rings. The zero-order valence-corrected chi connectivity index (χ0v) is 17.8. The van der Waals surface area contributed by atoms with Gasteiger partial charge in [-0.05, 0) is 29.2 Å². The number of hydrazine groups is 1. The van der Waals surface area contributed by atoms with Gasteiger partial charge in [0, 0.05) is 51.0 Å². The van der Waals surface area contributed by atoms with Crippen LogP contribution in [0.4, 0.5) is 0 Å². The lowest BCUT2D eigenvalue weighted by molar-refractivity contribution is 0.0928. The summed E-state index contributed by atoms with van der Waals surface area (Å²) in [6.07, 6.45) is 1.55. The van der Waals surface area contributed by atoms with Crippen molar-refractivity contribution >= 4 is 5.91 Å². The fourth-order valence-corrected chi connectivity index (χ4v) is 3.25. The molecule has 8 nitrogen and oxygen atoms in total. The molecule has 0 aliphatic carbocycles. The van der Waals surface area contributed by atoms with Crippen molar-refractivity contribution in [2.45, 2.75) is 27.3 Å². The van der Waals surface area contributed by atoms with Crippen LogP contribution in [0.15, 0.2) is 30.5 Å². The second-order valence-electron chi connectivity index (χ2n) is 8.65. The van der Waals surface area contributed by atoms with E-state index in [0.29, 0.717) is 23.4 Å². The normalized spacial score (nSPS) is 14.9. The van der Waals surface area contributed by atoms with Gasteiger partial charge in [-0.25, -0.2) is 15.4 Å². The lowest BCUT2D eigenvalue weighted by Gasteiger charge is -2.27. The van der Waals surface area contributed by atoms with E-state index in [1.54, 1.807) is 12.3 Å². The van der Waals surface area contributed by atoms with E-state index < -0.39 is 0 Å². The molecule has 1 aliphatic rings. The van der Waals surface area contributed by atoms with Gasteiger partial charge in [0.1, 0.15) is 6.07 Å².